The van der Waals surface area contributed by atoms with Gasteiger partial charge in [0.25, 0.3) is 5.91 Å². The van der Waals surface area contributed by atoms with Crippen LogP contribution < -0.4 is 4.90 Å². The molecule has 0 radical (unpaired) electrons. The van der Waals surface area contributed by atoms with Crippen molar-refractivity contribution in [3.63, 3.8) is 0 Å². The highest BCUT2D eigenvalue weighted by Gasteiger charge is 2.80. The Bertz CT molecular complexity index is 1180. The minimum absolute atomic E-state index is 0.0585. The van der Waals surface area contributed by atoms with Crippen molar-refractivity contribution >= 4 is 23.5 Å². The van der Waals surface area contributed by atoms with Crippen molar-refractivity contribution in [2.75, 3.05) is 31.2 Å². The number of carbonyl (C=O) groups excluding carboxylic acids is 3. The van der Waals surface area contributed by atoms with Gasteiger partial charge in [0.05, 0.1) is 18.1 Å². The fourth-order valence-electron chi connectivity index (χ4n) is 7.29. The summed E-state index contributed by atoms with van der Waals surface area (Å²) in [6.45, 7) is 16.5. The molecule has 0 aromatic heterocycles. The first kappa shape index (κ1) is 31.0. The maximum absolute atomic E-state index is 14.8. The minimum atomic E-state index is -1.13. The van der Waals surface area contributed by atoms with Gasteiger partial charge in [-0.25, -0.2) is 0 Å². The number of carbonyl (C=O) groups is 3. The van der Waals surface area contributed by atoms with Gasteiger partial charge in [-0.05, 0) is 69.6 Å². The second-order valence-electron chi connectivity index (χ2n) is 12.1. The number of anilines is 1. The Morgan fingerprint density at radius 3 is 2.61 bits per heavy atom. The Kier molecular flexibility index (Phi) is 9.44. The number of rotatable bonds is 14. The standard InChI is InChI=1S/C33H46N2O6/c1-7-9-19-40-31(39)27-26-29(37)35(17-12-10-11-13-18-36)28(33(26)21-24(5)32(27,6)41-33)30(38)34(16-8-2)25-20-22(3)14-15-23(25)4/h7-8,14-15,20,24,26-28,36H,1-2,9-13,16-19,21H2,3-6H3/t24?,26-,27+,28?,32-,33?/m0/s1. The summed E-state index contributed by atoms with van der Waals surface area (Å²) >= 11 is 0. The monoisotopic (exact) mass is 566 g/mol. The van der Waals surface area contributed by atoms with Gasteiger partial charge in [0.1, 0.15) is 17.6 Å². The lowest BCUT2D eigenvalue weighted by molar-refractivity contribution is -0.161. The molecule has 41 heavy (non-hydrogen) atoms. The van der Waals surface area contributed by atoms with E-state index < -0.39 is 35.0 Å². The number of hydrogen-bond acceptors (Lipinski definition) is 6. The molecule has 3 saturated heterocycles. The summed E-state index contributed by atoms with van der Waals surface area (Å²) in [6, 6.07) is 5.10. The molecular formula is C33H46N2O6. The summed E-state index contributed by atoms with van der Waals surface area (Å²) in [6.07, 6.45) is 7.43. The molecule has 3 aliphatic rings. The van der Waals surface area contributed by atoms with E-state index in [1.165, 1.54) is 0 Å². The van der Waals surface area contributed by atoms with Crippen LogP contribution in [0.25, 0.3) is 0 Å². The molecule has 1 aromatic carbocycles. The van der Waals surface area contributed by atoms with Crippen LogP contribution in [-0.4, -0.2) is 71.3 Å². The summed E-state index contributed by atoms with van der Waals surface area (Å²) in [5.41, 5.74) is 0.693. The Hall–Kier alpha value is -2.97. The number of ether oxygens (including phenoxy) is 2. The third-order valence-corrected chi connectivity index (χ3v) is 9.41. The number of esters is 1. The highest BCUT2D eigenvalue weighted by molar-refractivity contribution is 6.05. The van der Waals surface area contributed by atoms with Crippen LogP contribution in [0, 0.1) is 31.6 Å². The summed E-state index contributed by atoms with van der Waals surface area (Å²) in [5, 5.41) is 9.19. The zero-order chi connectivity index (χ0) is 29.9. The van der Waals surface area contributed by atoms with Gasteiger partial charge in [-0.15, -0.1) is 13.2 Å². The van der Waals surface area contributed by atoms with Crippen molar-refractivity contribution in [1.82, 2.24) is 4.90 Å². The summed E-state index contributed by atoms with van der Waals surface area (Å²) in [5.74, 6) is -2.54. The van der Waals surface area contributed by atoms with E-state index in [4.69, 9.17) is 9.47 Å². The molecule has 1 aromatic rings. The number of hydrogen-bond donors (Lipinski definition) is 1. The van der Waals surface area contributed by atoms with Crippen LogP contribution in [0.15, 0.2) is 43.5 Å². The fourth-order valence-corrected chi connectivity index (χ4v) is 7.29. The molecule has 3 fully saturated rings. The number of benzene rings is 1. The Morgan fingerprint density at radius 2 is 1.93 bits per heavy atom. The highest BCUT2D eigenvalue weighted by atomic mass is 16.6. The Morgan fingerprint density at radius 1 is 1.20 bits per heavy atom. The number of unbranched alkanes of at least 4 members (excludes halogenated alkanes) is 3. The van der Waals surface area contributed by atoms with Crippen LogP contribution in [-0.2, 0) is 23.9 Å². The van der Waals surface area contributed by atoms with E-state index in [2.05, 4.69) is 13.2 Å². The fraction of sp³-hybridized carbons (Fsp3) is 0.606. The van der Waals surface area contributed by atoms with Crippen LogP contribution in [0.1, 0.15) is 63.5 Å². The molecule has 4 rings (SSSR count). The third kappa shape index (κ3) is 5.37. The molecule has 8 nitrogen and oxygen atoms in total. The van der Waals surface area contributed by atoms with Crippen molar-refractivity contribution in [2.45, 2.75) is 83.5 Å². The van der Waals surface area contributed by atoms with Crippen molar-refractivity contribution in [3.8, 4) is 0 Å². The van der Waals surface area contributed by atoms with E-state index in [0.717, 1.165) is 29.7 Å². The molecule has 1 spiro atoms. The molecule has 3 aliphatic heterocycles. The maximum atomic E-state index is 14.8. The van der Waals surface area contributed by atoms with Crippen molar-refractivity contribution in [1.29, 1.82) is 0 Å². The zero-order valence-corrected chi connectivity index (χ0v) is 25.1. The molecule has 2 amide bonds. The largest absolute Gasteiger partial charge is 0.465 e. The number of amides is 2. The normalized spacial score (nSPS) is 29.9. The second-order valence-corrected chi connectivity index (χ2v) is 12.1. The first-order valence-corrected chi connectivity index (χ1v) is 15.0. The summed E-state index contributed by atoms with van der Waals surface area (Å²) in [7, 11) is 0. The maximum Gasteiger partial charge on any atom is 0.312 e. The minimum Gasteiger partial charge on any atom is -0.465 e. The average Bonchev–Trinajstić information content (AvgIpc) is 3.45. The van der Waals surface area contributed by atoms with Gasteiger partial charge < -0.3 is 24.4 Å². The predicted molar refractivity (Wildman–Crippen MR) is 158 cm³/mol. The predicted octanol–water partition coefficient (Wildman–Crippen LogP) is 4.51. The molecule has 0 saturated carbocycles. The molecule has 224 valence electrons. The Balaban J connectivity index is 1.77. The quantitative estimate of drug-likeness (QED) is 0.202. The van der Waals surface area contributed by atoms with Crippen LogP contribution in [0.2, 0.25) is 0 Å². The molecule has 8 heteroatoms. The van der Waals surface area contributed by atoms with Gasteiger partial charge in [-0.1, -0.05) is 44.1 Å². The lowest BCUT2D eigenvalue weighted by atomic mass is 9.62. The number of aliphatic hydroxyl groups is 1. The van der Waals surface area contributed by atoms with Gasteiger partial charge >= 0.3 is 5.97 Å². The van der Waals surface area contributed by atoms with Crippen LogP contribution in [0.5, 0.6) is 0 Å². The number of fused-ring (bicyclic) bond motifs is 1. The van der Waals surface area contributed by atoms with Gasteiger partial charge in [0.15, 0.2) is 0 Å². The molecular weight excluding hydrogens is 520 g/mol. The van der Waals surface area contributed by atoms with Gasteiger partial charge in [-0.2, -0.15) is 0 Å². The van der Waals surface area contributed by atoms with E-state index in [-0.39, 0.29) is 37.5 Å². The molecule has 3 heterocycles. The second kappa shape index (κ2) is 12.5. The zero-order valence-electron chi connectivity index (χ0n) is 25.1. The molecule has 6 atom stereocenters. The Labute approximate surface area is 244 Å². The SMILES string of the molecule is C=CCCOC(=O)[C@H]1[C@H]2C(=O)N(CCCCCCO)C(C(=O)N(CC=C)c3cc(C)ccc3C)C23CC(C)[C@]1(C)O3. The van der Waals surface area contributed by atoms with Crippen LogP contribution in [0.4, 0.5) is 5.69 Å². The summed E-state index contributed by atoms with van der Waals surface area (Å²) < 4.78 is 12.5. The van der Waals surface area contributed by atoms with E-state index >= 15 is 0 Å². The van der Waals surface area contributed by atoms with Gasteiger partial charge in [0.2, 0.25) is 5.91 Å². The van der Waals surface area contributed by atoms with E-state index in [0.29, 0.717) is 32.2 Å². The lowest BCUT2D eigenvalue weighted by Crippen LogP contribution is -2.57. The first-order valence-electron chi connectivity index (χ1n) is 15.0. The number of aryl methyl sites for hydroxylation is 2. The summed E-state index contributed by atoms with van der Waals surface area (Å²) in [4.78, 5) is 46.0. The van der Waals surface area contributed by atoms with Gasteiger partial charge in [0, 0.05) is 25.4 Å². The first-order chi connectivity index (χ1) is 19.6. The van der Waals surface area contributed by atoms with Crippen LogP contribution in [0.3, 0.4) is 0 Å². The number of likely N-dealkylation sites (tertiary alicyclic amines) is 1. The molecule has 2 bridgehead atoms. The highest BCUT2D eigenvalue weighted by Crippen LogP contribution is 2.65. The lowest BCUT2D eigenvalue weighted by Gasteiger charge is -2.37. The van der Waals surface area contributed by atoms with Crippen molar-refractivity contribution in [2.24, 2.45) is 17.8 Å². The number of nitrogens with zero attached hydrogens (tertiary/aromatic N) is 2. The molecule has 3 unspecified atom stereocenters. The van der Waals surface area contributed by atoms with E-state index in [9.17, 15) is 19.5 Å². The van der Waals surface area contributed by atoms with Crippen molar-refractivity contribution < 1.29 is 29.0 Å². The smallest absolute Gasteiger partial charge is 0.312 e. The molecule has 1 N–H and O–H groups in total. The van der Waals surface area contributed by atoms with Gasteiger partial charge in [-0.3, -0.25) is 14.4 Å². The third-order valence-electron chi connectivity index (χ3n) is 9.41. The molecule has 0 aliphatic carbocycles. The number of aliphatic hydroxyl groups excluding tert-OH is 1. The topological polar surface area (TPSA) is 96.4 Å². The average molecular weight is 567 g/mol. The van der Waals surface area contributed by atoms with E-state index in [1.807, 2.05) is 45.9 Å². The van der Waals surface area contributed by atoms with Crippen molar-refractivity contribution in [3.05, 3.63) is 54.6 Å². The van der Waals surface area contributed by atoms with Crippen LogP contribution >= 0.6 is 0 Å². The van der Waals surface area contributed by atoms with E-state index in [1.54, 1.807) is 22.0 Å².